The Labute approximate surface area is 127 Å². The topological polar surface area (TPSA) is 53.1 Å². The third kappa shape index (κ3) is 2.47. The number of H-pyrrole nitrogens is 1. The molecule has 0 atom stereocenters. The molecule has 21 heavy (non-hydrogen) atoms. The molecule has 0 amide bonds. The van der Waals surface area contributed by atoms with Crippen molar-refractivity contribution in [3.8, 4) is 10.6 Å². The molecule has 0 spiro atoms. The van der Waals surface area contributed by atoms with Crippen LogP contribution in [0.4, 0.5) is 0 Å². The summed E-state index contributed by atoms with van der Waals surface area (Å²) in [6.45, 7) is 6.15. The first-order valence-corrected chi connectivity index (χ1v) is 7.67. The lowest BCUT2D eigenvalue weighted by molar-refractivity contribution is -0.136. The van der Waals surface area contributed by atoms with E-state index in [0.29, 0.717) is 0 Å². The van der Waals surface area contributed by atoms with Gasteiger partial charge in [0, 0.05) is 15.8 Å². The van der Waals surface area contributed by atoms with Crippen LogP contribution in [0.3, 0.4) is 0 Å². The molecule has 108 valence electrons. The predicted molar refractivity (Wildman–Crippen MR) is 87.2 cm³/mol. The van der Waals surface area contributed by atoms with Crippen LogP contribution >= 0.6 is 11.3 Å². The van der Waals surface area contributed by atoms with Crippen LogP contribution < -0.4 is 0 Å². The quantitative estimate of drug-likeness (QED) is 0.750. The Bertz CT molecular complexity index is 842. The maximum atomic E-state index is 11.3. The fourth-order valence-electron chi connectivity index (χ4n) is 2.91. The average molecular weight is 299 g/mol. The molecule has 0 aliphatic carbocycles. The number of carbonyl (C=O) groups is 1. The lowest BCUT2D eigenvalue weighted by atomic mass is 10.0. The number of carboxylic acid groups (broad SMARTS) is 1. The van der Waals surface area contributed by atoms with Gasteiger partial charge in [-0.05, 0) is 55.7 Å². The minimum atomic E-state index is -0.801. The lowest BCUT2D eigenvalue weighted by Gasteiger charge is -2.03. The van der Waals surface area contributed by atoms with E-state index < -0.39 is 5.97 Å². The average Bonchev–Trinajstić information content (AvgIpc) is 2.93. The molecule has 0 radical (unpaired) electrons. The van der Waals surface area contributed by atoms with Crippen molar-refractivity contribution in [1.82, 2.24) is 4.98 Å². The molecule has 3 nitrogen and oxygen atoms in total. The second-order valence-corrected chi connectivity index (χ2v) is 6.75. The number of aryl methyl sites for hydroxylation is 3. The van der Waals surface area contributed by atoms with E-state index in [0.717, 1.165) is 32.6 Å². The van der Waals surface area contributed by atoms with Crippen molar-refractivity contribution in [2.75, 3.05) is 0 Å². The summed E-state index contributed by atoms with van der Waals surface area (Å²) in [7, 11) is 0. The summed E-state index contributed by atoms with van der Waals surface area (Å²) in [5.41, 5.74) is 5.15. The molecule has 2 N–H and O–H groups in total. The number of rotatable bonds is 3. The Kier molecular flexibility index (Phi) is 3.33. The third-order valence-electron chi connectivity index (χ3n) is 3.66. The zero-order valence-corrected chi connectivity index (χ0v) is 13.1. The van der Waals surface area contributed by atoms with Gasteiger partial charge < -0.3 is 10.1 Å². The first-order chi connectivity index (χ1) is 9.95. The van der Waals surface area contributed by atoms with E-state index in [-0.39, 0.29) is 6.42 Å². The van der Waals surface area contributed by atoms with E-state index in [1.807, 2.05) is 6.92 Å². The molecule has 2 aromatic heterocycles. The van der Waals surface area contributed by atoms with Crippen LogP contribution in [-0.2, 0) is 11.2 Å². The molecule has 0 bridgehead atoms. The van der Waals surface area contributed by atoms with Crippen LogP contribution in [-0.4, -0.2) is 16.1 Å². The van der Waals surface area contributed by atoms with Gasteiger partial charge in [0.05, 0.1) is 17.0 Å². The fourth-order valence-corrected chi connectivity index (χ4v) is 3.80. The fraction of sp³-hybridized carbons (Fsp3) is 0.235. The van der Waals surface area contributed by atoms with Crippen molar-refractivity contribution in [3.05, 3.63) is 45.8 Å². The predicted octanol–water partition coefficient (Wildman–Crippen LogP) is 4.45. The smallest absolute Gasteiger partial charge is 0.307 e. The molecule has 4 heteroatoms. The molecule has 0 aliphatic heterocycles. The van der Waals surface area contributed by atoms with Gasteiger partial charge in [-0.1, -0.05) is 6.07 Å². The molecule has 0 aliphatic rings. The number of hydrogen-bond donors (Lipinski definition) is 2. The lowest BCUT2D eigenvalue weighted by Crippen LogP contribution is -2.01. The van der Waals surface area contributed by atoms with E-state index in [1.165, 1.54) is 10.4 Å². The normalized spacial score (nSPS) is 11.2. The standard InChI is InChI=1S/C17H17NO2S/c1-9-6-10(2)16-12(8-15(19)20)17(18-13(16)7-9)14-5-4-11(3)21-14/h4-7,18H,8H2,1-3H3,(H,19,20). The van der Waals surface area contributed by atoms with Gasteiger partial charge in [0.2, 0.25) is 0 Å². The highest BCUT2D eigenvalue weighted by molar-refractivity contribution is 7.15. The van der Waals surface area contributed by atoms with Crippen LogP contribution in [0.15, 0.2) is 24.3 Å². The number of hydrogen-bond acceptors (Lipinski definition) is 2. The Hall–Kier alpha value is -2.07. The van der Waals surface area contributed by atoms with Crippen molar-refractivity contribution in [2.24, 2.45) is 0 Å². The van der Waals surface area contributed by atoms with Gasteiger partial charge in [-0.25, -0.2) is 0 Å². The van der Waals surface area contributed by atoms with Gasteiger partial charge in [0.25, 0.3) is 0 Å². The molecular formula is C17H17NO2S. The van der Waals surface area contributed by atoms with Crippen LogP contribution in [0.2, 0.25) is 0 Å². The van der Waals surface area contributed by atoms with Gasteiger partial charge in [-0.3, -0.25) is 4.79 Å². The van der Waals surface area contributed by atoms with Crippen LogP contribution in [0, 0.1) is 20.8 Å². The summed E-state index contributed by atoms with van der Waals surface area (Å²) in [5.74, 6) is -0.801. The molecule has 0 fully saturated rings. The number of benzene rings is 1. The van der Waals surface area contributed by atoms with Crippen molar-refractivity contribution >= 4 is 28.2 Å². The van der Waals surface area contributed by atoms with E-state index in [9.17, 15) is 9.90 Å². The number of aromatic nitrogens is 1. The maximum absolute atomic E-state index is 11.3. The maximum Gasteiger partial charge on any atom is 0.307 e. The Morgan fingerprint density at radius 3 is 2.62 bits per heavy atom. The van der Waals surface area contributed by atoms with Crippen molar-refractivity contribution in [3.63, 3.8) is 0 Å². The molecule has 3 aromatic rings. The van der Waals surface area contributed by atoms with Crippen LogP contribution in [0.1, 0.15) is 21.6 Å². The van der Waals surface area contributed by atoms with Crippen LogP contribution in [0.25, 0.3) is 21.5 Å². The highest BCUT2D eigenvalue weighted by Gasteiger charge is 2.18. The van der Waals surface area contributed by atoms with Gasteiger partial charge in [0.1, 0.15) is 0 Å². The third-order valence-corrected chi connectivity index (χ3v) is 4.68. The molecule has 3 rings (SSSR count). The molecule has 0 unspecified atom stereocenters. The minimum absolute atomic E-state index is 0.0379. The van der Waals surface area contributed by atoms with Crippen molar-refractivity contribution in [2.45, 2.75) is 27.2 Å². The second-order valence-electron chi connectivity index (χ2n) is 5.46. The van der Waals surface area contributed by atoms with Gasteiger partial charge in [-0.2, -0.15) is 0 Å². The minimum Gasteiger partial charge on any atom is -0.481 e. The Morgan fingerprint density at radius 2 is 2.00 bits per heavy atom. The largest absolute Gasteiger partial charge is 0.481 e. The number of aliphatic carboxylic acids is 1. The summed E-state index contributed by atoms with van der Waals surface area (Å²) >= 11 is 1.68. The summed E-state index contributed by atoms with van der Waals surface area (Å²) < 4.78 is 0. The molecule has 0 saturated carbocycles. The number of nitrogens with one attached hydrogen (secondary N) is 1. The van der Waals surface area contributed by atoms with Gasteiger partial charge >= 0.3 is 5.97 Å². The molecular weight excluding hydrogens is 282 g/mol. The van der Waals surface area contributed by atoms with Crippen LogP contribution in [0.5, 0.6) is 0 Å². The molecule has 0 saturated heterocycles. The zero-order chi connectivity index (χ0) is 15.1. The monoisotopic (exact) mass is 299 g/mol. The summed E-state index contributed by atoms with van der Waals surface area (Å²) in [6, 6.07) is 8.30. The highest BCUT2D eigenvalue weighted by atomic mass is 32.1. The van der Waals surface area contributed by atoms with E-state index in [4.69, 9.17) is 0 Å². The number of carboxylic acids is 1. The van der Waals surface area contributed by atoms with Crippen molar-refractivity contribution < 1.29 is 9.90 Å². The summed E-state index contributed by atoms with van der Waals surface area (Å²) in [5, 5.41) is 10.3. The number of thiophene rings is 1. The van der Waals surface area contributed by atoms with Crippen molar-refractivity contribution in [1.29, 1.82) is 0 Å². The van der Waals surface area contributed by atoms with E-state index in [1.54, 1.807) is 11.3 Å². The molecule has 2 heterocycles. The highest BCUT2D eigenvalue weighted by Crippen LogP contribution is 2.36. The summed E-state index contributed by atoms with van der Waals surface area (Å²) in [6.07, 6.45) is 0.0379. The number of aromatic amines is 1. The Morgan fingerprint density at radius 1 is 1.24 bits per heavy atom. The summed E-state index contributed by atoms with van der Waals surface area (Å²) in [4.78, 5) is 17.0. The van der Waals surface area contributed by atoms with Gasteiger partial charge in [-0.15, -0.1) is 11.3 Å². The van der Waals surface area contributed by atoms with Gasteiger partial charge in [0.15, 0.2) is 0 Å². The van der Waals surface area contributed by atoms with E-state index in [2.05, 4.69) is 43.1 Å². The first kappa shape index (κ1) is 13.9. The van der Waals surface area contributed by atoms with E-state index >= 15 is 0 Å². The SMILES string of the molecule is Cc1cc(C)c2c(CC(=O)O)c(-c3ccc(C)s3)[nH]c2c1. The second kappa shape index (κ2) is 5.04. The number of fused-ring (bicyclic) bond motifs is 1. The Balaban J connectivity index is 2.32. The first-order valence-electron chi connectivity index (χ1n) is 6.86. The zero-order valence-electron chi connectivity index (χ0n) is 12.3. The molecule has 1 aromatic carbocycles.